The second-order valence-corrected chi connectivity index (χ2v) is 5.40. The number of hydrogen-bond donors (Lipinski definition) is 2. The van der Waals surface area contributed by atoms with Crippen LogP contribution in [0.5, 0.6) is 5.75 Å². The van der Waals surface area contributed by atoms with E-state index in [2.05, 4.69) is 5.32 Å². The third-order valence-corrected chi connectivity index (χ3v) is 3.38. The number of amides is 2. The van der Waals surface area contributed by atoms with Gasteiger partial charge in [0.05, 0.1) is 19.7 Å². The number of anilines is 1. The number of carbonyl (C=O) groups is 2. The number of methoxy groups -OCH3 is 1. The molecule has 122 valence electrons. The van der Waals surface area contributed by atoms with Crippen molar-refractivity contribution in [2.45, 2.75) is 26.8 Å². The van der Waals surface area contributed by atoms with Gasteiger partial charge in [-0.25, -0.2) is 0 Å². The maximum absolute atomic E-state index is 12.2. The zero-order chi connectivity index (χ0) is 16.7. The molecule has 0 bridgehead atoms. The molecule has 6 heteroatoms. The van der Waals surface area contributed by atoms with Gasteiger partial charge in [-0.05, 0) is 25.0 Å². The van der Waals surface area contributed by atoms with E-state index in [0.717, 1.165) is 0 Å². The van der Waals surface area contributed by atoms with Crippen molar-refractivity contribution < 1.29 is 14.3 Å². The lowest BCUT2D eigenvalue weighted by atomic mass is 10.0. The fourth-order valence-corrected chi connectivity index (χ4v) is 1.92. The van der Waals surface area contributed by atoms with E-state index in [1.165, 1.54) is 4.90 Å². The van der Waals surface area contributed by atoms with Crippen LogP contribution in [0.15, 0.2) is 24.3 Å². The van der Waals surface area contributed by atoms with Gasteiger partial charge in [0.15, 0.2) is 0 Å². The molecule has 2 amide bonds. The van der Waals surface area contributed by atoms with E-state index in [1.807, 2.05) is 20.8 Å². The van der Waals surface area contributed by atoms with Gasteiger partial charge in [-0.15, -0.1) is 0 Å². The van der Waals surface area contributed by atoms with Crippen molar-refractivity contribution in [3.05, 3.63) is 24.3 Å². The smallest absolute Gasteiger partial charge is 0.243 e. The molecule has 0 saturated carbocycles. The lowest BCUT2D eigenvalue weighted by molar-refractivity contribution is -0.136. The predicted octanol–water partition coefficient (Wildman–Crippen LogP) is 1.47. The minimum atomic E-state index is -0.593. The van der Waals surface area contributed by atoms with Crippen LogP contribution in [0.2, 0.25) is 0 Å². The summed E-state index contributed by atoms with van der Waals surface area (Å²) in [6, 6.07) is 6.46. The van der Waals surface area contributed by atoms with Crippen molar-refractivity contribution in [3.63, 3.8) is 0 Å². The monoisotopic (exact) mass is 307 g/mol. The molecule has 0 fully saturated rings. The summed E-state index contributed by atoms with van der Waals surface area (Å²) in [5, 5.41) is 2.75. The Kier molecular flexibility index (Phi) is 6.85. The molecule has 0 aliphatic heterocycles. The van der Waals surface area contributed by atoms with Gasteiger partial charge < -0.3 is 20.7 Å². The molecule has 1 unspecified atom stereocenters. The van der Waals surface area contributed by atoms with E-state index in [0.29, 0.717) is 18.0 Å². The molecule has 0 spiro atoms. The second-order valence-electron chi connectivity index (χ2n) is 5.40. The third kappa shape index (κ3) is 5.04. The van der Waals surface area contributed by atoms with Gasteiger partial charge in [0.2, 0.25) is 11.8 Å². The Morgan fingerprint density at radius 1 is 1.36 bits per heavy atom. The number of benzene rings is 1. The van der Waals surface area contributed by atoms with Crippen LogP contribution in [0.4, 0.5) is 5.69 Å². The Morgan fingerprint density at radius 3 is 2.59 bits per heavy atom. The molecular formula is C16H25N3O3. The fraction of sp³-hybridized carbons (Fsp3) is 0.500. The number of likely N-dealkylation sites (N-methyl/N-ethyl adjacent to an activating group) is 1. The number of hydrogen-bond acceptors (Lipinski definition) is 4. The number of nitrogens with zero attached hydrogens (tertiary/aromatic N) is 1. The molecule has 0 aliphatic carbocycles. The van der Waals surface area contributed by atoms with Crippen LogP contribution >= 0.6 is 0 Å². The van der Waals surface area contributed by atoms with E-state index in [9.17, 15) is 9.59 Å². The summed E-state index contributed by atoms with van der Waals surface area (Å²) in [4.78, 5) is 25.8. The number of nitrogens with one attached hydrogen (secondary N) is 1. The first-order valence-corrected chi connectivity index (χ1v) is 7.37. The molecule has 0 saturated heterocycles. The maximum atomic E-state index is 12.2. The van der Waals surface area contributed by atoms with Crippen LogP contribution in [0.25, 0.3) is 0 Å². The normalized spacial score (nSPS) is 11.9. The van der Waals surface area contributed by atoms with Gasteiger partial charge in [0.25, 0.3) is 0 Å². The molecule has 0 radical (unpaired) electrons. The summed E-state index contributed by atoms with van der Waals surface area (Å²) < 4.78 is 5.10. The van der Waals surface area contributed by atoms with E-state index < -0.39 is 6.04 Å². The van der Waals surface area contributed by atoms with Gasteiger partial charge in [0, 0.05) is 18.3 Å². The first-order valence-electron chi connectivity index (χ1n) is 7.37. The average Bonchev–Trinajstić information content (AvgIpc) is 2.51. The zero-order valence-corrected chi connectivity index (χ0v) is 13.6. The SMILES string of the molecule is CCN(CC(=O)Nc1cccc(OC)c1)C(=O)C(N)C(C)C. The molecular weight excluding hydrogens is 282 g/mol. The first kappa shape index (κ1) is 18.0. The van der Waals surface area contributed by atoms with Crippen molar-refractivity contribution in [2.24, 2.45) is 11.7 Å². The highest BCUT2D eigenvalue weighted by Crippen LogP contribution is 2.16. The van der Waals surface area contributed by atoms with Gasteiger partial charge in [-0.1, -0.05) is 19.9 Å². The number of ether oxygens (including phenoxy) is 1. The Bertz CT molecular complexity index is 517. The van der Waals surface area contributed by atoms with Crippen LogP contribution < -0.4 is 15.8 Å². The van der Waals surface area contributed by atoms with Crippen LogP contribution in [-0.4, -0.2) is 43.0 Å². The Morgan fingerprint density at radius 2 is 2.05 bits per heavy atom. The van der Waals surface area contributed by atoms with Crippen LogP contribution in [0, 0.1) is 5.92 Å². The van der Waals surface area contributed by atoms with Crippen LogP contribution in [0.1, 0.15) is 20.8 Å². The maximum Gasteiger partial charge on any atom is 0.243 e. The molecule has 22 heavy (non-hydrogen) atoms. The van der Waals surface area contributed by atoms with Crippen molar-refractivity contribution in [3.8, 4) is 5.75 Å². The molecule has 1 aromatic rings. The minimum absolute atomic E-state index is 0.0209. The molecule has 3 N–H and O–H groups in total. The van der Waals surface area contributed by atoms with Gasteiger partial charge in [0.1, 0.15) is 5.75 Å². The van der Waals surface area contributed by atoms with Crippen molar-refractivity contribution in [1.82, 2.24) is 4.90 Å². The average molecular weight is 307 g/mol. The summed E-state index contributed by atoms with van der Waals surface area (Å²) in [5.74, 6) is 0.212. The molecule has 6 nitrogen and oxygen atoms in total. The van der Waals surface area contributed by atoms with Crippen molar-refractivity contribution >= 4 is 17.5 Å². The molecule has 0 aromatic heterocycles. The highest BCUT2D eigenvalue weighted by molar-refractivity contribution is 5.95. The molecule has 1 rings (SSSR count). The first-order chi connectivity index (χ1) is 10.4. The van der Waals surface area contributed by atoms with E-state index in [-0.39, 0.29) is 24.3 Å². The second kappa shape index (κ2) is 8.38. The van der Waals surface area contributed by atoms with E-state index >= 15 is 0 Å². The van der Waals surface area contributed by atoms with Gasteiger partial charge in [-0.2, -0.15) is 0 Å². The highest BCUT2D eigenvalue weighted by Gasteiger charge is 2.24. The number of carbonyl (C=O) groups excluding carboxylic acids is 2. The number of rotatable bonds is 7. The summed E-state index contributed by atoms with van der Waals surface area (Å²) in [7, 11) is 1.56. The van der Waals surface area contributed by atoms with Gasteiger partial charge in [-0.3, -0.25) is 9.59 Å². The summed E-state index contributed by atoms with van der Waals surface area (Å²) in [5.41, 5.74) is 6.49. The van der Waals surface area contributed by atoms with Crippen LogP contribution in [-0.2, 0) is 9.59 Å². The molecule has 0 heterocycles. The molecule has 1 atom stereocenters. The van der Waals surface area contributed by atoms with Crippen molar-refractivity contribution in [1.29, 1.82) is 0 Å². The predicted molar refractivity (Wildman–Crippen MR) is 86.7 cm³/mol. The topological polar surface area (TPSA) is 84.7 Å². The largest absolute Gasteiger partial charge is 0.497 e. The van der Waals surface area contributed by atoms with Crippen molar-refractivity contribution in [2.75, 3.05) is 25.5 Å². The summed E-state index contributed by atoms with van der Waals surface area (Å²) in [6.07, 6.45) is 0. The fourth-order valence-electron chi connectivity index (χ4n) is 1.92. The third-order valence-electron chi connectivity index (χ3n) is 3.38. The Balaban J connectivity index is 2.67. The summed E-state index contributed by atoms with van der Waals surface area (Å²) in [6.45, 7) is 6.00. The quantitative estimate of drug-likeness (QED) is 0.799. The molecule has 1 aromatic carbocycles. The standard InChI is InChI=1S/C16H25N3O3/c1-5-19(16(21)15(17)11(2)3)10-14(20)18-12-7-6-8-13(9-12)22-4/h6-9,11,15H,5,10,17H2,1-4H3,(H,18,20). The Labute approximate surface area is 131 Å². The van der Waals surface area contributed by atoms with Gasteiger partial charge >= 0.3 is 0 Å². The van der Waals surface area contributed by atoms with E-state index in [1.54, 1.807) is 31.4 Å². The minimum Gasteiger partial charge on any atom is -0.497 e. The zero-order valence-electron chi connectivity index (χ0n) is 13.6. The lowest BCUT2D eigenvalue weighted by Gasteiger charge is -2.25. The molecule has 0 aliphatic rings. The van der Waals surface area contributed by atoms with Crippen LogP contribution in [0.3, 0.4) is 0 Å². The Hall–Kier alpha value is -2.08. The summed E-state index contributed by atoms with van der Waals surface area (Å²) >= 11 is 0. The van der Waals surface area contributed by atoms with E-state index in [4.69, 9.17) is 10.5 Å². The number of nitrogens with two attached hydrogens (primary N) is 1. The highest BCUT2D eigenvalue weighted by atomic mass is 16.5. The lowest BCUT2D eigenvalue weighted by Crippen LogP contribution is -2.48.